The smallest absolute Gasteiger partial charge is 0.290 e. The number of hydrogen-bond donors (Lipinski definition) is 0. The second kappa shape index (κ2) is 8.93. The van der Waals surface area contributed by atoms with Crippen molar-refractivity contribution >= 4 is 11.9 Å². The van der Waals surface area contributed by atoms with E-state index in [-0.39, 0.29) is 12.5 Å². The van der Waals surface area contributed by atoms with Crippen molar-refractivity contribution < 1.29 is 13.9 Å². The third-order valence-electron chi connectivity index (χ3n) is 5.38. The van der Waals surface area contributed by atoms with E-state index < -0.39 is 0 Å². The van der Waals surface area contributed by atoms with Gasteiger partial charge >= 0.3 is 0 Å². The molecule has 1 saturated heterocycles. The molecule has 0 spiro atoms. The van der Waals surface area contributed by atoms with Crippen LogP contribution < -0.4 is 9.64 Å². The molecular formula is C23H22N6O3. The average molecular weight is 430 g/mol. The number of tetrazole rings is 1. The lowest BCUT2D eigenvalue weighted by Gasteiger charge is -2.34. The maximum Gasteiger partial charge on any atom is 0.290 e. The van der Waals surface area contributed by atoms with Crippen molar-refractivity contribution in [3.05, 3.63) is 84.3 Å². The van der Waals surface area contributed by atoms with Crippen LogP contribution in [0.1, 0.15) is 16.1 Å². The summed E-state index contributed by atoms with van der Waals surface area (Å²) in [5, 5.41) is 12.1. The molecule has 3 heterocycles. The molecular weight excluding hydrogens is 408 g/mol. The SMILES string of the molecule is O=C(c1occc1COc1ccccc1)N1CCN(c2nnnn2-c2ccccc2)CC1. The summed E-state index contributed by atoms with van der Waals surface area (Å²) in [5.74, 6) is 1.60. The highest BCUT2D eigenvalue weighted by Crippen LogP contribution is 2.20. The normalized spacial score (nSPS) is 13.9. The Balaban J connectivity index is 1.23. The van der Waals surface area contributed by atoms with Gasteiger partial charge in [-0.25, -0.2) is 0 Å². The number of hydrogen-bond acceptors (Lipinski definition) is 7. The number of aromatic nitrogens is 4. The summed E-state index contributed by atoms with van der Waals surface area (Å²) in [4.78, 5) is 17.0. The van der Waals surface area contributed by atoms with Gasteiger partial charge < -0.3 is 19.0 Å². The van der Waals surface area contributed by atoms with Gasteiger partial charge in [-0.05, 0) is 40.8 Å². The minimum Gasteiger partial charge on any atom is -0.489 e. The molecule has 32 heavy (non-hydrogen) atoms. The van der Waals surface area contributed by atoms with E-state index in [2.05, 4.69) is 20.4 Å². The highest BCUT2D eigenvalue weighted by atomic mass is 16.5. The molecule has 2 aromatic heterocycles. The van der Waals surface area contributed by atoms with Gasteiger partial charge in [0.2, 0.25) is 5.95 Å². The summed E-state index contributed by atoms with van der Waals surface area (Å²) in [6, 6.07) is 21.0. The van der Waals surface area contributed by atoms with E-state index >= 15 is 0 Å². The molecule has 0 radical (unpaired) electrons. The summed E-state index contributed by atoms with van der Waals surface area (Å²) in [5.41, 5.74) is 1.62. The Morgan fingerprint density at radius 2 is 1.66 bits per heavy atom. The van der Waals surface area contributed by atoms with Crippen LogP contribution in [-0.2, 0) is 6.61 Å². The number of rotatable bonds is 6. The first-order valence-electron chi connectivity index (χ1n) is 10.4. The van der Waals surface area contributed by atoms with Crippen molar-refractivity contribution in [3.8, 4) is 11.4 Å². The number of anilines is 1. The molecule has 2 aromatic carbocycles. The molecule has 1 amide bonds. The van der Waals surface area contributed by atoms with Gasteiger partial charge in [0.1, 0.15) is 12.4 Å². The molecule has 0 aliphatic carbocycles. The van der Waals surface area contributed by atoms with Gasteiger partial charge in [-0.2, -0.15) is 4.68 Å². The highest BCUT2D eigenvalue weighted by Gasteiger charge is 2.28. The molecule has 1 aliphatic heterocycles. The van der Waals surface area contributed by atoms with Crippen LogP contribution in [-0.4, -0.2) is 57.2 Å². The summed E-state index contributed by atoms with van der Waals surface area (Å²) >= 11 is 0. The van der Waals surface area contributed by atoms with Gasteiger partial charge in [-0.15, -0.1) is 0 Å². The number of piperazine rings is 1. The van der Waals surface area contributed by atoms with Crippen LogP contribution in [0.2, 0.25) is 0 Å². The lowest BCUT2D eigenvalue weighted by molar-refractivity contribution is 0.0710. The van der Waals surface area contributed by atoms with Gasteiger partial charge in [0.25, 0.3) is 5.91 Å². The molecule has 9 heteroatoms. The van der Waals surface area contributed by atoms with E-state index in [4.69, 9.17) is 9.15 Å². The predicted octanol–water partition coefficient (Wildman–Crippen LogP) is 2.80. The van der Waals surface area contributed by atoms with Crippen molar-refractivity contribution in [2.24, 2.45) is 0 Å². The van der Waals surface area contributed by atoms with Crippen LogP contribution in [0, 0.1) is 0 Å². The van der Waals surface area contributed by atoms with E-state index in [0.29, 0.717) is 37.9 Å². The Bertz CT molecular complexity index is 1170. The highest BCUT2D eigenvalue weighted by molar-refractivity contribution is 5.93. The maximum atomic E-state index is 13.1. The van der Waals surface area contributed by atoms with E-state index in [1.165, 1.54) is 6.26 Å². The van der Waals surface area contributed by atoms with Crippen LogP contribution in [0.5, 0.6) is 5.75 Å². The number of benzene rings is 2. The fourth-order valence-corrected chi connectivity index (χ4v) is 3.68. The second-order valence-corrected chi connectivity index (χ2v) is 7.38. The Labute approximate surface area is 184 Å². The van der Waals surface area contributed by atoms with E-state index in [9.17, 15) is 4.79 Å². The Kier molecular flexibility index (Phi) is 5.52. The molecule has 0 N–H and O–H groups in total. The lowest BCUT2D eigenvalue weighted by atomic mass is 10.2. The van der Waals surface area contributed by atoms with Crippen LogP contribution in [0.3, 0.4) is 0 Å². The molecule has 0 bridgehead atoms. The zero-order valence-electron chi connectivity index (χ0n) is 17.4. The minimum absolute atomic E-state index is 0.135. The molecule has 0 unspecified atom stereocenters. The first-order chi connectivity index (χ1) is 15.8. The van der Waals surface area contributed by atoms with Crippen molar-refractivity contribution in [2.75, 3.05) is 31.1 Å². The van der Waals surface area contributed by atoms with Crippen LogP contribution in [0.15, 0.2) is 77.4 Å². The summed E-state index contributed by atoms with van der Waals surface area (Å²) < 4.78 is 13.0. The van der Waals surface area contributed by atoms with Gasteiger partial charge in [-0.1, -0.05) is 41.5 Å². The third-order valence-corrected chi connectivity index (χ3v) is 5.38. The quantitative estimate of drug-likeness (QED) is 0.465. The summed E-state index contributed by atoms with van der Waals surface area (Å²) in [6.45, 7) is 2.60. The fraction of sp³-hybridized carbons (Fsp3) is 0.217. The number of ether oxygens (including phenoxy) is 1. The van der Waals surface area contributed by atoms with E-state index in [1.807, 2.05) is 60.7 Å². The molecule has 162 valence electrons. The van der Waals surface area contributed by atoms with Crippen LogP contribution in [0.25, 0.3) is 5.69 Å². The molecule has 1 fully saturated rings. The van der Waals surface area contributed by atoms with Gasteiger partial charge in [0.05, 0.1) is 12.0 Å². The topological polar surface area (TPSA) is 89.5 Å². The molecule has 4 aromatic rings. The largest absolute Gasteiger partial charge is 0.489 e. The number of nitrogens with zero attached hydrogens (tertiary/aromatic N) is 6. The Hall–Kier alpha value is -4.14. The van der Waals surface area contributed by atoms with Crippen LogP contribution >= 0.6 is 0 Å². The fourth-order valence-electron chi connectivity index (χ4n) is 3.68. The number of para-hydroxylation sites is 2. The molecule has 9 nitrogen and oxygen atoms in total. The van der Waals surface area contributed by atoms with Crippen LogP contribution in [0.4, 0.5) is 5.95 Å². The minimum atomic E-state index is -0.135. The monoisotopic (exact) mass is 430 g/mol. The number of amides is 1. The van der Waals surface area contributed by atoms with Crippen molar-refractivity contribution in [3.63, 3.8) is 0 Å². The molecule has 0 saturated carbocycles. The number of furan rings is 1. The van der Waals surface area contributed by atoms with E-state index in [0.717, 1.165) is 17.0 Å². The summed E-state index contributed by atoms with van der Waals surface area (Å²) in [7, 11) is 0. The Morgan fingerprint density at radius 3 is 2.41 bits per heavy atom. The molecule has 0 atom stereocenters. The van der Waals surface area contributed by atoms with Gasteiger partial charge in [0, 0.05) is 31.7 Å². The zero-order valence-corrected chi connectivity index (χ0v) is 17.4. The van der Waals surface area contributed by atoms with Gasteiger partial charge in [-0.3, -0.25) is 4.79 Å². The van der Waals surface area contributed by atoms with Gasteiger partial charge in [0.15, 0.2) is 5.76 Å². The van der Waals surface area contributed by atoms with Crippen molar-refractivity contribution in [1.29, 1.82) is 0 Å². The summed E-state index contributed by atoms with van der Waals surface area (Å²) in [6.07, 6.45) is 1.53. The standard InChI is InChI=1S/C23H22N6O3/c30-22(21-18(11-16-31-21)17-32-20-9-5-2-6-10-20)27-12-14-28(15-13-27)23-24-25-26-29(23)19-7-3-1-4-8-19/h1-11,16H,12-15,17H2. The van der Waals surface area contributed by atoms with Crippen molar-refractivity contribution in [2.45, 2.75) is 6.61 Å². The number of carbonyl (C=O) groups excluding carboxylic acids is 1. The molecule has 1 aliphatic rings. The predicted molar refractivity (Wildman–Crippen MR) is 117 cm³/mol. The Morgan fingerprint density at radius 1 is 0.938 bits per heavy atom. The lowest BCUT2D eigenvalue weighted by Crippen LogP contribution is -2.49. The third kappa shape index (κ3) is 4.04. The zero-order chi connectivity index (χ0) is 21.8. The van der Waals surface area contributed by atoms with E-state index in [1.54, 1.807) is 15.6 Å². The first-order valence-corrected chi connectivity index (χ1v) is 10.4. The first kappa shape index (κ1) is 19.8. The molecule has 5 rings (SSSR count). The maximum absolute atomic E-state index is 13.1. The van der Waals surface area contributed by atoms with Crippen molar-refractivity contribution in [1.82, 2.24) is 25.1 Å². The second-order valence-electron chi connectivity index (χ2n) is 7.38. The number of carbonyl (C=O) groups is 1. The average Bonchev–Trinajstić information content (AvgIpc) is 3.54.